The van der Waals surface area contributed by atoms with Crippen LogP contribution in [0.2, 0.25) is 0 Å². The molecule has 0 radical (unpaired) electrons. The number of hydrogen-bond acceptors (Lipinski definition) is 3. The van der Waals surface area contributed by atoms with Crippen LogP contribution >= 0.6 is 0 Å². The number of rotatable bonds is 2. The highest BCUT2D eigenvalue weighted by Gasteiger charge is 2.43. The minimum atomic E-state index is -1.62. The highest BCUT2D eigenvalue weighted by atomic mass is 16.5. The molecule has 0 saturated carbocycles. The molecule has 0 bridgehead atoms. The molecule has 2 N–H and O–H groups in total. The van der Waals surface area contributed by atoms with Crippen molar-refractivity contribution in [2.45, 2.75) is 11.7 Å². The van der Waals surface area contributed by atoms with E-state index in [1.807, 2.05) is 0 Å². The van der Waals surface area contributed by atoms with E-state index >= 15 is 0 Å². The molecule has 0 aromatic carbocycles. The van der Waals surface area contributed by atoms with E-state index in [4.69, 9.17) is 9.84 Å². The monoisotopic (exact) mass is 170 g/mol. The van der Waals surface area contributed by atoms with Gasteiger partial charge in [-0.2, -0.15) is 0 Å². The van der Waals surface area contributed by atoms with Crippen molar-refractivity contribution in [3.8, 4) is 0 Å². The van der Waals surface area contributed by atoms with Crippen LogP contribution in [-0.2, 0) is 9.53 Å². The average molecular weight is 170 g/mol. The predicted molar refractivity (Wildman–Crippen MR) is 41.7 cm³/mol. The fourth-order valence-electron chi connectivity index (χ4n) is 1.08. The molecule has 0 heterocycles. The molecule has 0 saturated heterocycles. The fraction of sp³-hybridized carbons (Fsp3) is 0.375. The van der Waals surface area contributed by atoms with Crippen LogP contribution in [0.3, 0.4) is 0 Å². The van der Waals surface area contributed by atoms with E-state index in [1.165, 1.54) is 25.3 Å². The van der Waals surface area contributed by atoms with Crippen molar-refractivity contribution in [2.24, 2.45) is 0 Å². The molecule has 0 aromatic rings. The molecule has 0 fully saturated rings. The average Bonchev–Trinajstić information content (AvgIpc) is 2.05. The van der Waals surface area contributed by atoms with Crippen LogP contribution in [0.5, 0.6) is 0 Å². The van der Waals surface area contributed by atoms with Crippen molar-refractivity contribution in [2.75, 3.05) is 7.11 Å². The zero-order valence-electron chi connectivity index (χ0n) is 6.60. The topological polar surface area (TPSA) is 66.8 Å². The lowest BCUT2D eigenvalue weighted by atomic mass is 9.92. The van der Waals surface area contributed by atoms with Crippen LogP contribution in [0.25, 0.3) is 0 Å². The van der Waals surface area contributed by atoms with E-state index < -0.39 is 17.7 Å². The molecule has 0 aliphatic heterocycles. The first-order valence-corrected chi connectivity index (χ1v) is 3.46. The van der Waals surface area contributed by atoms with Crippen LogP contribution in [0, 0.1) is 0 Å². The molecule has 1 aliphatic rings. The van der Waals surface area contributed by atoms with E-state index in [0.29, 0.717) is 0 Å². The van der Waals surface area contributed by atoms with E-state index in [9.17, 15) is 9.90 Å². The number of carbonyl (C=O) groups is 1. The van der Waals surface area contributed by atoms with E-state index in [1.54, 1.807) is 6.08 Å². The van der Waals surface area contributed by atoms with Gasteiger partial charge in [-0.05, 0) is 6.08 Å². The Labute approximate surface area is 69.8 Å². The SMILES string of the molecule is COC1(C(=O)O)C=CC=CC1O. The number of aliphatic carboxylic acids is 1. The summed E-state index contributed by atoms with van der Waals surface area (Å²) < 4.78 is 4.76. The normalized spacial score (nSPS) is 33.7. The van der Waals surface area contributed by atoms with E-state index in [-0.39, 0.29) is 0 Å². The summed E-state index contributed by atoms with van der Waals surface area (Å²) in [4.78, 5) is 10.7. The molecule has 12 heavy (non-hydrogen) atoms. The van der Waals surface area contributed by atoms with Gasteiger partial charge in [0.25, 0.3) is 0 Å². The zero-order valence-corrected chi connectivity index (χ0v) is 6.60. The Morgan fingerprint density at radius 3 is 2.58 bits per heavy atom. The molecular formula is C8H10O4. The molecule has 4 heteroatoms. The second kappa shape index (κ2) is 3.08. The maximum absolute atomic E-state index is 10.7. The second-order valence-corrected chi connectivity index (χ2v) is 2.49. The van der Waals surface area contributed by atoms with Gasteiger partial charge < -0.3 is 14.9 Å². The molecule has 4 nitrogen and oxygen atoms in total. The summed E-state index contributed by atoms with van der Waals surface area (Å²) in [6.45, 7) is 0. The molecule has 66 valence electrons. The van der Waals surface area contributed by atoms with Gasteiger partial charge in [-0.3, -0.25) is 0 Å². The van der Waals surface area contributed by atoms with Crippen LogP contribution < -0.4 is 0 Å². The van der Waals surface area contributed by atoms with Gasteiger partial charge in [-0.15, -0.1) is 0 Å². The van der Waals surface area contributed by atoms with Crippen molar-refractivity contribution >= 4 is 5.97 Å². The molecular weight excluding hydrogens is 160 g/mol. The van der Waals surface area contributed by atoms with Gasteiger partial charge in [-0.25, -0.2) is 4.79 Å². The van der Waals surface area contributed by atoms with Gasteiger partial charge in [0, 0.05) is 7.11 Å². The first kappa shape index (κ1) is 8.96. The Morgan fingerprint density at radius 1 is 1.58 bits per heavy atom. The second-order valence-electron chi connectivity index (χ2n) is 2.49. The summed E-state index contributed by atoms with van der Waals surface area (Å²) >= 11 is 0. The highest BCUT2D eigenvalue weighted by Crippen LogP contribution is 2.22. The quantitative estimate of drug-likeness (QED) is 0.609. The van der Waals surface area contributed by atoms with Gasteiger partial charge in [0.15, 0.2) is 0 Å². The fourth-order valence-corrected chi connectivity index (χ4v) is 1.08. The summed E-state index contributed by atoms with van der Waals surface area (Å²) in [7, 11) is 1.25. The van der Waals surface area contributed by atoms with Crippen molar-refractivity contribution in [1.29, 1.82) is 0 Å². The molecule has 2 atom stereocenters. The highest BCUT2D eigenvalue weighted by molar-refractivity contribution is 5.82. The molecule has 0 spiro atoms. The third-order valence-electron chi connectivity index (χ3n) is 1.86. The van der Waals surface area contributed by atoms with Crippen LogP contribution in [0.1, 0.15) is 0 Å². The van der Waals surface area contributed by atoms with Gasteiger partial charge in [0.2, 0.25) is 5.60 Å². The molecule has 0 amide bonds. The lowest BCUT2D eigenvalue weighted by molar-refractivity contribution is -0.164. The van der Waals surface area contributed by atoms with Crippen molar-refractivity contribution in [3.63, 3.8) is 0 Å². The first-order chi connectivity index (χ1) is 5.63. The number of ether oxygens (including phenoxy) is 1. The number of hydrogen-bond donors (Lipinski definition) is 2. The maximum atomic E-state index is 10.7. The van der Waals surface area contributed by atoms with Gasteiger partial charge >= 0.3 is 5.97 Å². The van der Waals surface area contributed by atoms with Crippen molar-refractivity contribution in [1.82, 2.24) is 0 Å². The molecule has 2 unspecified atom stereocenters. The minimum absolute atomic E-state index is 1.13. The van der Waals surface area contributed by atoms with Crippen LogP contribution in [-0.4, -0.2) is 35.0 Å². The third kappa shape index (κ3) is 1.15. The zero-order chi connectivity index (χ0) is 9.19. The Balaban J connectivity index is 3.00. The van der Waals surface area contributed by atoms with E-state index in [2.05, 4.69) is 0 Å². The Hall–Kier alpha value is -1.13. The smallest absolute Gasteiger partial charge is 0.343 e. The van der Waals surface area contributed by atoms with Crippen molar-refractivity contribution < 1.29 is 19.7 Å². The standard InChI is InChI=1S/C8H10O4/c1-12-8(7(10)11)5-3-2-4-6(8)9/h2-6,9H,1H3,(H,10,11). The number of allylic oxidation sites excluding steroid dienone is 2. The van der Waals surface area contributed by atoms with Crippen LogP contribution in [0.4, 0.5) is 0 Å². The summed E-state index contributed by atoms with van der Waals surface area (Å²) in [6, 6.07) is 0. The summed E-state index contributed by atoms with van der Waals surface area (Å²) in [6.07, 6.45) is 4.66. The van der Waals surface area contributed by atoms with Gasteiger partial charge in [0.1, 0.15) is 6.10 Å². The predicted octanol–water partition coefficient (Wildman–Crippen LogP) is -0.0569. The number of aliphatic hydroxyl groups excluding tert-OH is 1. The Morgan fingerprint density at radius 2 is 2.25 bits per heavy atom. The Kier molecular flexibility index (Phi) is 2.30. The summed E-state index contributed by atoms with van der Waals surface area (Å²) in [5.41, 5.74) is -1.62. The van der Waals surface area contributed by atoms with Gasteiger partial charge in [0.05, 0.1) is 0 Å². The van der Waals surface area contributed by atoms with Gasteiger partial charge in [-0.1, -0.05) is 18.2 Å². The number of carboxylic acids is 1. The maximum Gasteiger partial charge on any atom is 0.343 e. The largest absolute Gasteiger partial charge is 0.479 e. The minimum Gasteiger partial charge on any atom is -0.479 e. The summed E-state index contributed by atoms with van der Waals surface area (Å²) in [5, 5.41) is 18.1. The van der Waals surface area contributed by atoms with Crippen molar-refractivity contribution in [3.05, 3.63) is 24.3 Å². The number of methoxy groups -OCH3 is 1. The van der Waals surface area contributed by atoms with Crippen LogP contribution in [0.15, 0.2) is 24.3 Å². The van der Waals surface area contributed by atoms with E-state index in [0.717, 1.165) is 0 Å². The third-order valence-corrected chi connectivity index (χ3v) is 1.86. The molecule has 0 aromatic heterocycles. The summed E-state index contributed by atoms with van der Waals surface area (Å²) in [5.74, 6) is -1.20. The molecule has 1 rings (SSSR count). The Bertz CT molecular complexity index is 243. The number of carboxylic acid groups (broad SMARTS) is 1. The lowest BCUT2D eigenvalue weighted by Gasteiger charge is -2.29. The molecule has 1 aliphatic carbocycles. The number of aliphatic hydroxyl groups is 1. The first-order valence-electron chi connectivity index (χ1n) is 3.46. The lowest BCUT2D eigenvalue weighted by Crippen LogP contribution is -2.49.